The molecule has 1 aromatic carbocycles. The molecule has 0 aliphatic carbocycles. The van der Waals surface area contributed by atoms with Crippen LogP contribution in [-0.2, 0) is 7.05 Å². The third-order valence-corrected chi connectivity index (χ3v) is 3.73. The molecule has 0 radical (unpaired) electrons. The number of aromatic nitrogens is 1. The molecule has 1 aromatic heterocycles. The number of halogens is 1. The summed E-state index contributed by atoms with van der Waals surface area (Å²) in [6.07, 6.45) is -0.548. The number of aliphatic hydroxyl groups is 1. The molecule has 1 N–H and O–H groups in total. The van der Waals surface area contributed by atoms with E-state index in [-0.39, 0.29) is 0 Å². The molecule has 92 valence electrons. The number of aryl methyl sites for hydroxylation is 1. The Bertz CT molecular complexity index is 555. The molecular weight excluding hydrogens is 234 g/mol. The summed E-state index contributed by atoms with van der Waals surface area (Å²) in [4.78, 5) is 0. The minimum atomic E-state index is -0.548. The van der Waals surface area contributed by atoms with Crippen molar-refractivity contribution in [3.8, 4) is 0 Å². The van der Waals surface area contributed by atoms with E-state index < -0.39 is 6.10 Å². The average molecular weight is 252 g/mol. The average Bonchev–Trinajstić information content (AvgIpc) is 2.51. The topological polar surface area (TPSA) is 25.2 Å². The Hall–Kier alpha value is -0.990. The van der Waals surface area contributed by atoms with Crippen molar-refractivity contribution in [2.75, 3.05) is 0 Å². The molecule has 0 aliphatic heterocycles. The van der Waals surface area contributed by atoms with Crippen LogP contribution in [0.3, 0.4) is 0 Å². The highest BCUT2D eigenvalue weighted by atomic mass is 35.5. The minimum absolute atomic E-state index is 0.472. The van der Waals surface area contributed by atoms with Crippen molar-refractivity contribution >= 4 is 22.5 Å². The predicted octanol–water partition coefficient (Wildman–Crippen LogP) is 4.01. The summed E-state index contributed by atoms with van der Waals surface area (Å²) in [5, 5.41) is 11.5. The summed E-state index contributed by atoms with van der Waals surface area (Å²) < 4.78 is 1.92. The Labute approximate surface area is 107 Å². The first-order valence-electron chi connectivity index (χ1n) is 5.89. The number of hydrogen-bond acceptors (Lipinski definition) is 1. The Balaban J connectivity index is 2.79. The number of aliphatic hydroxyl groups excluding tert-OH is 1. The molecule has 2 aromatic rings. The normalized spacial score (nSPS) is 13.6. The van der Waals surface area contributed by atoms with E-state index >= 15 is 0 Å². The molecule has 17 heavy (non-hydrogen) atoms. The molecule has 2 nitrogen and oxygen atoms in total. The molecule has 3 heteroatoms. The Morgan fingerprint density at radius 2 is 1.88 bits per heavy atom. The van der Waals surface area contributed by atoms with Crippen molar-refractivity contribution in [3.63, 3.8) is 0 Å². The van der Waals surface area contributed by atoms with Gasteiger partial charge < -0.3 is 9.67 Å². The van der Waals surface area contributed by atoms with Gasteiger partial charge in [0.1, 0.15) is 5.15 Å². The lowest BCUT2D eigenvalue weighted by atomic mass is 9.99. The number of benzene rings is 1. The summed E-state index contributed by atoms with van der Waals surface area (Å²) >= 11 is 6.27. The van der Waals surface area contributed by atoms with Crippen LogP contribution in [0.4, 0.5) is 0 Å². The number of rotatable bonds is 2. The van der Waals surface area contributed by atoms with E-state index in [9.17, 15) is 5.11 Å². The molecule has 2 rings (SSSR count). The van der Waals surface area contributed by atoms with Crippen molar-refractivity contribution in [3.05, 3.63) is 34.5 Å². The minimum Gasteiger partial charge on any atom is -0.389 e. The summed E-state index contributed by atoms with van der Waals surface area (Å²) in [5.74, 6) is 0.472. The van der Waals surface area contributed by atoms with Gasteiger partial charge in [-0.3, -0.25) is 0 Å². The van der Waals surface area contributed by atoms with Gasteiger partial charge in [-0.1, -0.05) is 31.5 Å². The Morgan fingerprint density at radius 1 is 1.24 bits per heavy atom. The molecule has 0 aliphatic rings. The predicted molar refractivity (Wildman–Crippen MR) is 72.7 cm³/mol. The quantitative estimate of drug-likeness (QED) is 0.857. The summed E-state index contributed by atoms with van der Waals surface area (Å²) in [7, 11) is 1.92. The second kappa shape index (κ2) is 4.35. The van der Waals surface area contributed by atoms with Gasteiger partial charge in [-0.15, -0.1) is 0 Å². The number of fused-ring (bicyclic) bond motifs is 1. The molecule has 0 bridgehead atoms. The van der Waals surface area contributed by atoms with Gasteiger partial charge in [-0.2, -0.15) is 0 Å². The van der Waals surface area contributed by atoms with Crippen LogP contribution in [0.5, 0.6) is 0 Å². The second-order valence-electron chi connectivity index (χ2n) is 4.87. The van der Waals surface area contributed by atoms with E-state index in [1.165, 1.54) is 5.56 Å². The van der Waals surface area contributed by atoms with Crippen LogP contribution in [0.15, 0.2) is 18.2 Å². The molecule has 1 atom stereocenters. The van der Waals surface area contributed by atoms with Crippen LogP contribution in [-0.4, -0.2) is 9.67 Å². The highest BCUT2D eigenvalue weighted by Crippen LogP contribution is 2.35. The maximum Gasteiger partial charge on any atom is 0.115 e. The van der Waals surface area contributed by atoms with Crippen LogP contribution < -0.4 is 0 Å². The van der Waals surface area contributed by atoms with Gasteiger partial charge in [0, 0.05) is 23.5 Å². The highest BCUT2D eigenvalue weighted by molar-refractivity contribution is 6.32. The molecule has 0 saturated heterocycles. The fraction of sp³-hybridized carbons (Fsp3) is 0.429. The van der Waals surface area contributed by atoms with E-state index in [0.717, 1.165) is 16.5 Å². The third-order valence-electron chi connectivity index (χ3n) is 3.27. The summed E-state index contributed by atoms with van der Waals surface area (Å²) in [6.45, 7) is 6.07. The SMILES string of the molecule is CC(C)c1ccc2c(c1)c(C(C)O)c(Cl)n2C. The van der Waals surface area contributed by atoms with Gasteiger partial charge in [-0.25, -0.2) is 0 Å². The van der Waals surface area contributed by atoms with E-state index in [0.29, 0.717) is 11.1 Å². The number of nitrogens with zero attached hydrogens (tertiary/aromatic N) is 1. The van der Waals surface area contributed by atoms with Crippen LogP contribution in [0, 0.1) is 0 Å². The van der Waals surface area contributed by atoms with Crippen molar-refractivity contribution in [1.29, 1.82) is 0 Å². The van der Waals surface area contributed by atoms with Crippen LogP contribution >= 0.6 is 11.6 Å². The lowest BCUT2D eigenvalue weighted by Crippen LogP contribution is -1.92. The lowest BCUT2D eigenvalue weighted by Gasteiger charge is -2.07. The maximum atomic E-state index is 9.85. The zero-order chi connectivity index (χ0) is 12.7. The molecule has 0 fully saturated rings. The molecule has 0 spiro atoms. The van der Waals surface area contributed by atoms with Gasteiger partial charge in [-0.05, 0) is 30.5 Å². The van der Waals surface area contributed by atoms with E-state index in [2.05, 4.69) is 32.0 Å². The summed E-state index contributed by atoms with van der Waals surface area (Å²) in [5.41, 5.74) is 3.16. The Kier molecular flexibility index (Phi) is 3.19. The lowest BCUT2D eigenvalue weighted by molar-refractivity contribution is 0.201. The standard InChI is InChI=1S/C14H18ClNO/c1-8(2)10-5-6-12-11(7-10)13(9(3)17)14(15)16(12)4/h5-9,17H,1-4H3. The molecule has 0 saturated carbocycles. The fourth-order valence-corrected chi connectivity index (χ4v) is 2.57. The fourth-order valence-electron chi connectivity index (χ4n) is 2.22. The molecule has 1 heterocycles. The van der Waals surface area contributed by atoms with E-state index in [1.54, 1.807) is 6.92 Å². The van der Waals surface area contributed by atoms with Crippen LogP contribution in [0.2, 0.25) is 5.15 Å². The first-order valence-corrected chi connectivity index (χ1v) is 6.27. The monoisotopic (exact) mass is 251 g/mol. The first-order chi connectivity index (χ1) is 7.93. The van der Waals surface area contributed by atoms with Gasteiger partial charge in [0.2, 0.25) is 0 Å². The van der Waals surface area contributed by atoms with Crippen LogP contribution in [0.25, 0.3) is 10.9 Å². The smallest absolute Gasteiger partial charge is 0.115 e. The number of hydrogen-bond donors (Lipinski definition) is 1. The van der Waals surface area contributed by atoms with Gasteiger partial charge in [0.05, 0.1) is 6.10 Å². The first kappa shape index (κ1) is 12.5. The van der Waals surface area contributed by atoms with Crippen molar-refractivity contribution in [2.45, 2.75) is 32.8 Å². The molecular formula is C14H18ClNO. The molecule has 1 unspecified atom stereocenters. The second-order valence-corrected chi connectivity index (χ2v) is 5.23. The van der Waals surface area contributed by atoms with E-state index in [4.69, 9.17) is 11.6 Å². The molecule has 0 amide bonds. The highest BCUT2D eigenvalue weighted by Gasteiger charge is 2.17. The maximum absolute atomic E-state index is 9.85. The van der Waals surface area contributed by atoms with Gasteiger partial charge in [0.25, 0.3) is 0 Å². The van der Waals surface area contributed by atoms with Gasteiger partial charge >= 0.3 is 0 Å². The van der Waals surface area contributed by atoms with Crippen molar-refractivity contribution in [1.82, 2.24) is 4.57 Å². The Morgan fingerprint density at radius 3 is 2.41 bits per heavy atom. The van der Waals surface area contributed by atoms with Gasteiger partial charge in [0.15, 0.2) is 0 Å². The van der Waals surface area contributed by atoms with Crippen LogP contribution in [0.1, 0.15) is 43.9 Å². The zero-order valence-corrected chi connectivity index (χ0v) is 11.4. The third kappa shape index (κ3) is 1.96. The zero-order valence-electron chi connectivity index (χ0n) is 10.7. The van der Waals surface area contributed by atoms with Crippen molar-refractivity contribution < 1.29 is 5.11 Å². The summed E-state index contributed by atoms with van der Waals surface area (Å²) in [6, 6.07) is 6.32. The van der Waals surface area contributed by atoms with Crippen molar-refractivity contribution in [2.24, 2.45) is 7.05 Å². The largest absolute Gasteiger partial charge is 0.389 e. The van der Waals surface area contributed by atoms with E-state index in [1.807, 2.05) is 11.6 Å².